The Morgan fingerprint density at radius 3 is 1.98 bits per heavy atom. The van der Waals surface area contributed by atoms with Crippen LogP contribution >= 0.6 is 0 Å². The number of esters is 1. The molecule has 4 nitrogen and oxygen atoms in total. The molecule has 4 heteroatoms. The van der Waals surface area contributed by atoms with Crippen molar-refractivity contribution in [3.8, 4) is 5.75 Å². The molecule has 0 fully saturated rings. The first-order valence-electron chi connectivity index (χ1n) is 16.1. The molecule has 2 rings (SSSR count). The maximum Gasteiger partial charge on any atom is 0.364 e. The number of unbranched alkanes of at least 4 members (excludes halogenated alkanes) is 10. The van der Waals surface area contributed by atoms with E-state index in [0.717, 1.165) is 25.1 Å². The molecule has 0 heterocycles. The summed E-state index contributed by atoms with van der Waals surface area (Å²) in [6.07, 6.45) is 17.4. The van der Waals surface area contributed by atoms with E-state index in [0.29, 0.717) is 17.5 Å². The number of quaternary nitrogens is 1. The van der Waals surface area contributed by atoms with Crippen LogP contribution in [0.5, 0.6) is 5.75 Å². The van der Waals surface area contributed by atoms with Crippen LogP contribution in [0, 0.1) is 0 Å². The molecular weight excluding hydrogens is 494 g/mol. The summed E-state index contributed by atoms with van der Waals surface area (Å²) >= 11 is 0. The molecule has 0 aliphatic rings. The number of para-hydroxylation sites is 1. The zero-order valence-corrected chi connectivity index (χ0v) is 26.3. The van der Waals surface area contributed by atoms with Gasteiger partial charge >= 0.3 is 5.97 Å². The van der Waals surface area contributed by atoms with E-state index in [1.54, 1.807) is 0 Å². The number of carbonyl (C=O) groups is 1. The minimum atomic E-state index is -0.192. The summed E-state index contributed by atoms with van der Waals surface area (Å²) in [6, 6.07) is 18.6. The first-order chi connectivity index (χ1) is 19.4. The number of aryl methyl sites for hydroxylation is 1. The van der Waals surface area contributed by atoms with Gasteiger partial charge in [0, 0.05) is 18.4 Å². The molecule has 0 aliphatic heterocycles. The molecule has 0 saturated heterocycles. The minimum absolute atomic E-state index is 0.0156. The lowest BCUT2D eigenvalue weighted by molar-refractivity contribution is -0.919. The van der Waals surface area contributed by atoms with Gasteiger partial charge in [-0.25, -0.2) is 4.79 Å². The monoisotopic (exact) mass is 552 g/mol. The van der Waals surface area contributed by atoms with Gasteiger partial charge in [-0.15, -0.1) is 0 Å². The van der Waals surface area contributed by atoms with Crippen LogP contribution in [0.4, 0.5) is 0 Å². The summed E-state index contributed by atoms with van der Waals surface area (Å²) in [5, 5.41) is 0. The highest BCUT2D eigenvalue weighted by Crippen LogP contribution is 2.23. The van der Waals surface area contributed by atoms with Crippen molar-refractivity contribution in [2.75, 3.05) is 20.7 Å². The van der Waals surface area contributed by atoms with Gasteiger partial charge in [-0.2, -0.15) is 0 Å². The van der Waals surface area contributed by atoms with Gasteiger partial charge in [-0.05, 0) is 31.4 Å². The van der Waals surface area contributed by atoms with E-state index in [9.17, 15) is 4.79 Å². The fraction of sp³-hybridized carbons (Fsp3) is 0.639. The second-order valence-electron chi connectivity index (χ2n) is 12.1. The number of rotatable bonds is 22. The van der Waals surface area contributed by atoms with Crippen molar-refractivity contribution in [2.24, 2.45) is 0 Å². The molecule has 0 aliphatic carbocycles. The summed E-state index contributed by atoms with van der Waals surface area (Å²) in [6.45, 7) is 7.59. The first kappa shape index (κ1) is 33.9. The molecule has 40 heavy (non-hydrogen) atoms. The fourth-order valence-electron chi connectivity index (χ4n) is 5.61. The summed E-state index contributed by atoms with van der Waals surface area (Å²) < 4.78 is 12.7. The molecule has 2 atom stereocenters. The molecule has 2 unspecified atom stereocenters. The average molecular weight is 553 g/mol. The number of carbonyl (C=O) groups excluding carboxylic acids is 1. The Morgan fingerprint density at radius 1 is 0.775 bits per heavy atom. The largest absolute Gasteiger partial charge is 0.490 e. The molecule has 0 radical (unpaired) electrons. The molecule has 0 saturated carbocycles. The third-order valence-corrected chi connectivity index (χ3v) is 8.05. The van der Waals surface area contributed by atoms with Crippen molar-refractivity contribution in [2.45, 2.75) is 129 Å². The van der Waals surface area contributed by atoms with Crippen molar-refractivity contribution in [3.05, 3.63) is 65.7 Å². The van der Waals surface area contributed by atoms with E-state index in [-0.39, 0.29) is 18.1 Å². The fourth-order valence-corrected chi connectivity index (χ4v) is 5.61. The second-order valence-corrected chi connectivity index (χ2v) is 12.1. The van der Waals surface area contributed by atoms with E-state index >= 15 is 0 Å². The third kappa shape index (κ3) is 13.4. The van der Waals surface area contributed by atoms with Crippen LogP contribution in [0.25, 0.3) is 0 Å². The van der Waals surface area contributed by atoms with E-state index < -0.39 is 0 Å². The molecule has 0 N–H and O–H groups in total. The SMILES string of the molecule is CCCCCCCCCCCCCc1ccccc1OC(C)CCOC(=O)C(CC)[N+](C)(C)Cc1ccccc1. The van der Waals surface area contributed by atoms with Gasteiger partial charge < -0.3 is 14.0 Å². The quantitative estimate of drug-likeness (QED) is 0.0829. The molecule has 2 aromatic carbocycles. The van der Waals surface area contributed by atoms with Gasteiger partial charge in [0.25, 0.3) is 0 Å². The van der Waals surface area contributed by atoms with Crippen molar-refractivity contribution in [1.82, 2.24) is 0 Å². The van der Waals surface area contributed by atoms with E-state index in [4.69, 9.17) is 9.47 Å². The minimum Gasteiger partial charge on any atom is -0.490 e. The Balaban J connectivity index is 1.68. The standard InChI is InChI=1S/C36H58NO3/c1-6-8-9-10-11-12-13-14-15-16-20-25-33-26-21-22-27-35(33)40-31(3)28-29-39-36(38)34(7-2)37(4,5)30-32-23-18-17-19-24-32/h17-19,21-24,26-27,31,34H,6-16,20,25,28-30H2,1-5H3/q+1. The van der Waals surface area contributed by atoms with Gasteiger partial charge in [0.15, 0.2) is 6.04 Å². The molecule has 0 bridgehead atoms. The maximum atomic E-state index is 13.0. The molecule has 224 valence electrons. The normalized spacial score (nSPS) is 13.1. The van der Waals surface area contributed by atoms with Crippen LogP contribution in [0.15, 0.2) is 54.6 Å². The predicted octanol–water partition coefficient (Wildman–Crippen LogP) is 9.30. The van der Waals surface area contributed by atoms with Crippen LogP contribution in [0.3, 0.4) is 0 Å². The molecule has 2 aromatic rings. The summed E-state index contributed by atoms with van der Waals surface area (Å²) in [7, 11) is 4.22. The van der Waals surface area contributed by atoms with Crippen LogP contribution in [0.2, 0.25) is 0 Å². The zero-order valence-electron chi connectivity index (χ0n) is 26.3. The van der Waals surface area contributed by atoms with Crippen LogP contribution < -0.4 is 4.74 Å². The topological polar surface area (TPSA) is 35.5 Å². The van der Waals surface area contributed by atoms with Crippen molar-refractivity contribution >= 4 is 5.97 Å². The summed E-state index contributed by atoms with van der Waals surface area (Å²) in [5.74, 6) is 0.855. The number of ether oxygens (including phenoxy) is 2. The third-order valence-electron chi connectivity index (χ3n) is 8.05. The Kier molecular flexibility index (Phi) is 16.7. The van der Waals surface area contributed by atoms with Crippen LogP contribution in [0.1, 0.15) is 115 Å². The second kappa shape index (κ2) is 19.7. The van der Waals surface area contributed by atoms with E-state index in [2.05, 4.69) is 65.2 Å². The van der Waals surface area contributed by atoms with Crippen LogP contribution in [-0.2, 0) is 22.5 Å². The lowest BCUT2D eigenvalue weighted by Crippen LogP contribution is -2.52. The van der Waals surface area contributed by atoms with E-state index in [1.165, 1.54) is 81.8 Å². The molecule has 0 spiro atoms. The number of hydrogen-bond acceptors (Lipinski definition) is 3. The number of hydrogen-bond donors (Lipinski definition) is 0. The summed E-state index contributed by atoms with van der Waals surface area (Å²) in [4.78, 5) is 13.0. The van der Waals surface area contributed by atoms with E-state index in [1.807, 2.05) is 24.3 Å². The highest BCUT2D eigenvalue weighted by Gasteiger charge is 2.35. The molecule has 0 aromatic heterocycles. The Morgan fingerprint density at radius 2 is 1.35 bits per heavy atom. The highest BCUT2D eigenvalue weighted by atomic mass is 16.5. The van der Waals surface area contributed by atoms with Crippen molar-refractivity contribution in [3.63, 3.8) is 0 Å². The number of nitrogens with zero attached hydrogens (tertiary/aromatic N) is 1. The first-order valence-corrected chi connectivity index (χ1v) is 16.1. The lowest BCUT2D eigenvalue weighted by atomic mass is 10.0. The Hall–Kier alpha value is -2.33. The van der Waals surface area contributed by atoms with Gasteiger partial charge in [-0.3, -0.25) is 0 Å². The van der Waals surface area contributed by atoms with Crippen molar-refractivity contribution in [1.29, 1.82) is 0 Å². The lowest BCUT2D eigenvalue weighted by Gasteiger charge is -2.36. The van der Waals surface area contributed by atoms with Gasteiger partial charge in [0.2, 0.25) is 0 Å². The predicted molar refractivity (Wildman–Crippen MR) is 169 cm³/mol. The zero-order chi connectivity index (χ0) is 29.1. The average Bonchev–Trinajstić information content (AvgIpc) is 2.93. The smallest absolute Gasteiger partial charge is 0.364 e. The van der Waals surface area contributed by atoms with Crippen LogP contribution in [-0.4, -0.2) is 43.3 Å². The maximum absolute atomic E-state index is 13.0. The highest BCUT2D eigenvalue weighted by molar-refractivity contribution is 5.74. The summed E-state index contributed by atoms with van der Waals surface area (Å²) in [5.41, 5.74) is 2.51. The van der Waals surface area contributed by atoms with Gasteiger partial charge in [0.1, 0.15) is 12.3 Å². The Labute approximate surface area is 246 Å². The van der Waals surface area contributed by atoms with Gasteiger partial charge in [0.05, 0.1) is 26.8 Å². The van der Waals surface area contributed by atoms with Gasteiger partial charge in [-0.1, -0.05) is 127 Å². The number of likely N-dealkylation sites (N-methyl/N-ethyl adjacent to an activating group) is 1. The van der Waals surface area contributed by atoms with Crippen molar-refractivity contribution < 1.29 is 18.8 Å². The molecule has 0 amide bonds. The Bertz CT molecular complexity index is 927. The molecular formula is C36H58NO3+. The number of benzene rings is 2.